The van der Waals surface area contributed by atoms with Crippen LogP contribution in [-0.4, -0.2) is 12.8 Å². The first-order valence-electron chi connectivity index (χ1n) is 8.71. The molecule has 0 aliphatic heterocycles. The molecule has 0 heterocycles. The molecular formula is C23H25NS. The van der Waals surface area contributed by atoms with Crippen LogP contribution in [0.15, 0.2) is 71.7 Å². The van der Waals surface area contributed by atoms with Crippen LogP contribution in [0, 0.1) is 6.92 Å². The number of thioether (sulfide) groups is 1. The number of hydrogen-bond acceptors (Lipinski definition) is 2. The molecule has 0 radical (unpaired) electrons. The topological polar surface area (TPSA) is 26.0 Å². The van der Waals surface area contributed by atoms with E-state index in [9.17, 15) is 0 Å². The van der Waals surface area contributed by atoms with E-state index < -0.39 is 0 Å². The van der Waals surface area contributed by atoms with Crippen LogP contribution in [0.3, 0.4) is 0 Å². The quantitative estimate of drug-likeness (QED) is 0.684. The highest BCUT2D eigenvalue weighted by atomic mass is 32.2. The van der Waals surface area contributed by atoms with Crippen LogP contribution in [0.5, 0.6) is 0 Å². The number of hydrogen-bond donors (Lipinski definition) is 1. The van der Waals surface area contributed by atoms with Gasteiger partial charge in [-0.05, 0) is 59.4 Å². The molecule has 3 rings (SSSR count). The van der Waals surface area contributed by atoms with Gasteiger partial charge in [-0.15, -0.1) is 11.8 Å². The molecular weight excluding hydrogens is 322 g/mol. The largest absolute Gasteiger partial charge is 0.326 e. The Labute approximate surface area is 155 Å². The molecule has 1 nitrogen and oxygen atoms in total. The molecule has 128 valence electrons. The summed E-state index contributed by atoms with van der Waals surface area (Å²) in [4.78, 5) is 1.40. The van der Waals surface area contributed by atoms with E-state index in [1.807, 2.05) is 17.8 Å². The summed E-state index contributed by atoms with van der Waals surface area (Å²) in [5.74, 6) is 0. The Morgan fingerprint density at radius 1 is 1.16 bits per heavy atom. The van der Waals surface area contributed by atoms with Crippen LogP contribution in [0.25, 0.3) is 11.1 Å². The highest BCUT2D eigenvalue weighted by Gasteiger charge is 2.14. The van der Waals surface area contributed by atoms with Gasteiger partial charge in [0.2, 0.25) is 0 Å². The molecule has 0 unspecified atom stereocenters. The zero-order valence-electron chi connectivity index (χ0n) is 15.0. The molecule has 2 heteroatoms. The van der Waals surface area contributed by atoms with Gasteiger partial charge in [0, 0.05) is 11.4 Å². The maximum atomic E-state index is 6.02. The number of allylic oxidation sites excluding steroid dienone is 5. The van der Waals surface area contributed by atoms with E-state index in [-0.39, 0.29) is 0 Å². The summed E-state index contributed by atoms with van der Waals surface area (Å²) in [5.41, 5.74) is 14.0. The minimum absolute atomic E-state index is 0.562. The van der Waals surface area contributed by atoms with Gasteiger partial charge in [0.05, 0.1) is 0 Å². The zero-order valence-corrected chi connectivity index (χ0v) is 15.8. The van der Waals surface area contributed by atoms with E-state index in [0.717, 1.165) is 12.8 Å². The SMILES string of the molecule is CSc1c(C2=CC=CC2)ccc(C)c1C/C=C(\CN)c1ccccc1. The number of benzene rings is 2. The van der Waals surface area contributed by atoms with Gasteiger partial charge in [-0.1, -0.05) is 66.8 Å². The van der Waals surface area contributed by atoms with Crippen molar-refractivity contribution >= 4 is 22.9 Å². The molecule has 1 aliphatic carbocycles. The number of nitrogens with two attached hydrogens (primary N) is 1. The third-order valence-corrected chi connectivity index (χ3v) is 5.61. The molecule has 2 aromatic carbocycles. The van der Waals surface area contributed by atoms with Gasteiger partial charge in [0.25, 0.3) is 0 Å². The molecule has 0 saturated carbocycles. The third kappa shape index (κ3) is 3.97. The molecule has 1 aliphatic rings. The van der Waals surface area contributed by atoms with Gasteiger partial charge in [-0.3, -0.25) is 0 Å². The minimum atomic E-state index is 0.562. The van der Waals surface area contributed by atoms with Crippen molar-refractivity contribution in [2.45, 2.75) is 24.7 Å². The second-order valence-corrected chi connectivity index (χ2v) is 7.09. The van der Waals surface area contributed by atoms with Crippen molar-refractivity contribution < 1.29 is 0 Å². The maximum absolute atomic E-state index is 6.02. The molecule has 2 N–H and O–H groups in total. The summed E-state index contributed by atoms with van der Waals surface area (Å²) >= 11 is 1.85. The Morgan fingerprint density at radius 2 is 1.96 bits per heavy atom. The Bertz CT molecular complexity index is 829. The average Bonchev–Trinajstić information content (AvgIpc) is 3.18. The van der Waals surface area contributed by atoms with Crippen LogP contribution in [0.4, 0.5) is 0 Å². The van der Waals surface area contributed by atoms with Crippen molar-refractivity contribution in [2.75, 3.05) is 12.8 Å². The van der Waals surface area contributed by atoms with Gasteiger partial charge in [-0.25, -0.2) is 0 Å². The van der Waals surface area contributed by atoms with Crippen LogP contribution in [-0.2, 0) is 6.42 Å². The molecule has 0 atom stereocenters. The van der Waals surface area contributed by atoms with Gasteiger partial charge >= 0.3 is 0 Å². The van der Waals surface area contributed by atoms with Gasteiger partial charge < -0.3 is 5.73 Å². The van der Waals surface area contributed by atoms with E-state index >= 15 is 0 Å². The van der Waals surface area contributed by atoms with Crippen molar-refractivity contribution in [1.29, 1.82) is 0 Å². The summed E-state index contributed by atoms with van der Waals surface area (Å²) in [6.45, 7) is 2.77. The Kier molecular flexibility index (Phi) is 5.95. The van der Waals surface area contributed by atoms with Crippen LogP contribution >= 0.6 is 11.8 Å². The summed E-state index contributed by atoms with van der Waals surface area (Å²) < 4.78 is 0. The molecule has 0 spiro atoms. The van der Waals surface area contributed by atoms with E-state index in [0.29, 0.717) is 6.54 Å². The van der Waals surface area contributed by atoms with E-state index in [2.05, 4.69) is 73.9 Å². The van der Waals surface area contributed by atoms with Crippen molar-refractivity contribution in [3.05, 3.63) is 89.0 Å². The van der Waals surface area contributed by atoms with Crippen LogP contribution < -0.4 is 5.73 Å². The fourth-order valence-electron chi connectivity index (χ4n) is 3.31. The number of rotatable bonds is 6. The summed E-state index contributed by atoms with van der Waals surface area (Å²) in [5, 5.41) is 0. The zero-order chi connectivity index (χ0) is 17.6. The van der Waals surface area contributed by atoms with Crippen molar-refractivity contribution in [3.63, 3.8) is 0 Å². The first-order valence-corrected chi connectivity index (χ1v) is 9.94. The van der Waals surface area contributed by atoms with Crippen molar-refractivity contribution in [2.24, 2.45) is 5.73 Å². The monoisotopic (exact) mass is 347 g/mol. The minimum Gasteiger partial charge on any atom is -0.326 e. The lowest BCUT2D eigenvalue weighted by molar-refractivity contribution is 1.11. The molecule has 0 saturated heterocycles. The normalized spacial score (nSPS) is 14.0. The van der Waals surface area contributed by atoms with E-state index in [4.69, 9.17) is 5.73 Å². The average molecular weight is 348 g/mol. The van der Waals surface area contributed by atoms with Crippen LogP contribution in [0.1, 0.15) is 28.7 Å². The van der Waals surface area contributed by atoms with E-state index in [1.165, 1.54) is 38.3 Å². The Hall–Kier alpha value is -2.03. The summed E-state index contributed by atoms with van der Waals surface area (Å²) in [6, 6.07) is 15.0. The molecule has 2 aromatic rings. The van der Waals surface area contributed by atoms with E-state index in [1.54, 1.807) is 0 Å². The molecule has 0 fully saturated rings. The lowest BCUT2D eigenvalue weighted by atomic mass is 9.95. The Balaban J connectivity index is 1.96. The standard InChI is InChI=1S/C23H25NS/c1-17-12-14-22(19-10-6-7-11-19)23(25-2)21(17)15-13-20(16-24)18-8-4-3-5-9-18/h3-10,12-14H,11,15-16,24H2,1-2H3/b20-13+. The fourth-order valence-corrected chi connectivity index (χ4v) is 4.22. The smallest absolute Gasteiger partial charge is 0.0182 e. The highest BCUT2D eigenvalue weighted by Crippen LogP contribution is 2.36. The van der Waals surface area contributed by atoms with Gasteiger partial charge in [0.1, 0.15) is 0 Å². The second kappa shape index (κ2) is 8.37. The molecule has 0 bridgehead atoms. The number of aryl methyl sites for hydroxylation is 1. The Morgan fingerprint density at radius 3 is 2.60 bits per heavy atom. The predicted molar refractivity (Wildman–Crippen MR) is 112 cm³/mol. The van der Waals surface area contributed by atoms with Crippen molar-refractivity contribution in [3.8, 4) is 0 Å². The highest BCUT2D eigenvalue weighted by molar-refractivity contribution is 7.98. The summed E-state index contributed by atoms with van der Waals surface area (Å²) in [6.07, 6.45) is 13.0. The second-order valence-electron chi connectivity index (χ2n) is 6.27. The fraction of sp³-hybridized carbons (Fsp3) is 0.217. The summed E-state index contributed by atoms with van der Waals surface area (Å²) in [7, 11) is 0. The van der Waals surface area contributed by atoms with Crippen molar-refractivity contribution in [1.82, 2.24) is 0 Å². The molecule has 0 aromatic heterocycles. The molecule has 0 amide bonds. The first-order chi connectivity index (χ1) is 12.2. The lowest BCUT2D eigenvalue weighted by Gasteiger charge is -2.16. The molecule has 25 heavy (non-hydrogen) atoms. The van der Waals surface area contributed by atoms with Crippen LogP contribution in [0.2, 0.25) is 0 Å². The lowest BCUT2D eigenvalue weighted by Crippen LogP contribution is -2.04. The maximum Gasteiger partial charge on any atom is 0.0182 e. The third-order valence-electron chi connectivity index (χ3n) is 4.73. The predicted octanol–water partition coefficient (Wildman–Crippen LogP) is 5.65. The van der Waals surface area contributed by atoms with Gasteiger partial charge in [-0.2, -0.15) is 0 Å². The van der Waals surface area contributed by atoms with Gasteiger partial charge in [0.15, 0.2) is 0 Å². The first kappa shape index (κ1) is 17.8.